The molecule has 0 radical (unpaired) electrons. The molecular formula is C26H31N5OS. The van der Waals surface area contributed by atoms with Gasteiger partial charge in [-0.2, -0.15) is 0 Å². The second-order valence-corrected chi connectivity index (χ2v) is 9.54. The highest BCUT2D eigenvalue weighted by molar-refractivity contribution is 7.99. The summed E-state index contributed by atoms with van der Waals surface area (Å²) >= 11 is 1.41. The van der Waals surface area contributed by atoms with Crippen molar-refractivity contribution in [2.45, 2.75) is 57.0 Å². The van der Waals surface area contributed by atoms with Gasteiger partial charge in [0.1, 0.15) is 0 Å². The van der Waals surface area contributed by atoms with Crippen LogP contribution in [0.5, 0.6) is 0 Å². The van der Waals surface area contributed by atoms with E-state index in [2.05, 4.69) is 63.2 Å². The summed E-state index contributed by atoms with van der Waals surface area (Å²) in [6.45, 7) is 5.04. The first-order chi connectivity index (χ1) is 16.1. The number of aromatic nitrogens is 4. The van der Waals surface area contributed by atoms with E-state index in [1.54, 1.807) is 12.4 Å². The van der Waals surface area contributed by atoms with Gasteiger partial charge in [-0.05, 0) is 61.8 Å². The van der Waals surface area contributed by atoms with Gasteiger partial charge in [-0.25, -0.2) is 0 Å². The number of carbonyl (C=O) groups excluding carboxylic acids is 1. The third-order valence-corrected chi connectivity index (χ3v) is 6.77. The lowest BCUT2D eigenvalue weighted by atomic mass is 9.97. The molecule has 1 aliphatic rings. The second kappa shape index (κ2) is 11.3. The van der Waals surface area contributed by atoms with Crippen molar-refractivity contribution in [3.8, 4) is 17.1 Å². The van der Waals surface area contributed by atoms with E-state index in [-0.39, 0.29) is 5.91 Å². The lowest BCUT2D eigenvalue weighted by Crippen LogP contribution is -2.26. The molecule has 1 N–H and O–H groups in total. The number of carbonyl (C=O) groups is 1. The van der Waals surface area contributed by atoms with Crippen molar-refractivity contribution in [2.24, 2.45) is 0 Å². The predicted octanol–water partition coefficient (Wildman–Crippen LogP) is 5.55. The van der Waals surface area contributed by atoms with Crippen molar-refractivity contribution in [1.82, 2.24) is 25.1 Å². The van der Waals surface area contributed by atoms with Crippen LogP contribution in [0.4, 0.5) is 0 Å². The van der Waals surface area contributed by atoms with Gasteiger partial charge < -0.3 is 5.32 Å². The zero-order chi connectivity index (χ0) is 23.0. The number of nitrogens with one attached hydrogen (secondary N) is 1. The van der Waals surface area contributed by atoms with Gasteiger partial charge in [0, 0.05) is 24.5 Å². The normalized spacial score (nSPS) is 13.7. The summed E-state index contributed by atoms with van der Waals surface area (Å²) in [6.07, 6.45) is 11.7. The fourth-order valence-corrected chi connectivity index (χ4v) is 4.89. The Morgan fingerprint density at radius 3 is 2.79 bits per heavy atom. The molecule has 1 aromatic carbocycles. The monoisotopic (exact) mass is 461 g/mol. The molecule has 0 saturated heterocycles. The average molecular weight is 462 g/mol. The Balaban J connectivity index is 1.52. The minimum Gasteiger partial charge on any atom is -0.355 e. The summed E-state index contributed by atoms with van der Waals surface area (Å²) in [4.78, 5) is 16.8. The van der Waals surface area contributed by atoms with Gasteiger partial charge in [-0.1, -0.05) is 55.5 Å². The maximum Gasteiger partial charge on any atom is 0.230 e. The third kappa shape index (κ3) is 5.90. The van der Waals surface area contributed by atoms with Crippen LogP contribution in [0.2, 0.25) is 0 Å². The molecule has 1 aliphatic carbocycles. The first-order valence-corrected chi connectivity index (χ1v) is 12.6. The van der Waals surface area contributed by atoms with Crippen LogP contribution in [-0.2, 0) is 4.79 Å². The highest BCUT2D eigenvalue weighted by atomic mass is 32.2. The van der Waals surface area contributed by atoms with Gasteiger partial charge in [0.05, 0.1) is 11.4 Å². The van der Waals surface area contributed by atoms with Gasteiger partial charge in [0.15, 0.2) is 11.0 Å². The average Bonchev–Trinajstić information content (AvgIpc) is 3.28. The topological polar surface area (TPSA) is 72.7 Å². The molecule has 33 heavy (non-hydrogen) atoms. The Kier molecular flexibility index (Phi) is 7.94. The largest absolute Gasteiger partial charge is 0.355 e. The van der Waals surface area contributed by atoms with Crippen molar-refractivity contribution in [3.63, 3.8) is 0 Å². The highest BCUT2D eigenvalue weighted by Crippen LogP contribution is 2.31. The molecule has 0 fully saturated rings. The number of hydrogen-bond donors (Lipinski definition) is 1. The Labute approximate surface area is 199 Å². The van der Waals surface area contributed by atoms with Gasteiger partial charge in [0.2, 0.25) is 5.91 Å². The Bertz CT molecular complexity index is 1110. The van der Waals surface area contributed by atoms with E-state index in [1.165, 1.54) is 48.6 Å². The highest BCUT2D eigenvalue weighted by Gasteiger charge is 2.20. The Morgan fingerprint density at radius 2 is 2.03 bits per heavy atom. The molecule has 0 atom stereocenters. The number of nitrogens with zero attached hydrogens (tertiary/aromatic N) is 4. The number of hydrogen-bond acceptors (Lipinski definition) is 5. The van der Waals surface area contributed by atoms with Crippen LogP contribution in [0.3, 0.4) is 0 Å². The summed E-state index contributed by atoms with van der Waals surface area (Å²) in [5.74, 6) is 1.38. The van der Waals surface area contributed by atoms with Crippen molar-refractivity contribution in [1.29, 1.82) is 0 Å². The third-order valence-electron chi connectivity index (χ3n) is 5.84. The van der Waals surface area contributed by atoms with Gasteiger partial charge >= 0.3 is 0 Å². The van der Waals surface area contributed by atoms with E-state index in [1.807, 2.05) is 18.2 Å². The molecule has 0 aliphatic heterocycles. The summed E-state index contributed by atoms with van der Waals surface area (Å²) in [6, 6.07) is 12.2. The molecule has 0 spiro atoms. The first-order valence-electron chi connectivity index (χ1n) is 11.7. The second-order valence-electron chi connectivity index (χ2n) is 8.59. The van der Waals surface area contributed by atoms with E-state index in [4.69, 9.17) is 0 Å². The van der Waals surface area contributed by atoms with Crippen molar-refractivity contribution in [3.05, 3.63) is 66.0 Å². The molecule has 6 nitrogen and oxygen atoms in total. The quantitative estimate of drug-likeness (QED) is 0.334. The van der Waals surface area contributed by atoms with Crippen LogP contribution >= 0.6 is 11.8 Å². The Hall–Kier alpha value is -2.93. The maximum atomic E-state index is 12.5. The zero-order valence-electron chi connectivity index (χ0n) is 19.3. The van der Waals surface area contributed by atoms with E-state index in [0.717, 1.165) is 23.5 Å². The van der Waals surface area contributed by atoms with Crippen LogP contribution in [0.1, 0.15) is 57.4 Å². The maximum absolute atomic E-state index is 12.5. The lowest BCUT2D eigenvalue weighted by molar-refractivity contribution is -0.118. The SMILES string of the molecule is CC(C)c1ccccc1-n1c(SCC(=O)NCCC2=CCCCC2)nnc1-c1cccnc1. The number of para-hydroxylation sites is 1. The summed E-state index contributed by atoms with van der Waals surface area (Å²) in [7, 11) is 0. The summed E-state index contributed by atoms with van der Waals surface area (Å²) in [5.41, 5.74) is 4.60. The van der Waals surface area contributed by atoms with Crippen LogP contribution in [0, 0.1) is 0 Å². The molecule has 0 saturated carbocycles. The smallest absolute Gasteiger partial charge is 0.230 e. The summed E-state index contributed by atoms with van der Waals surface area (Å²) < 4.78 is 2.05. The number of pyridine rings is 1. The van der Waals surface area contributed by atoms with Crippen molar-refractivity contribution >= 4 is 17.7 Å². The lowest BCUT2D eigenvalue weighted by Gasteiger charge is -2.17. The van der Waals surface area contributed by atoms with Crippen molar-refractivity contribution < 1.29 is 4.79 Å². The number of benzene rings is 1. The molecule has 7 heteroatoms. The number of amides is 1. The molecular weight excluding hydrogens is 430 g/mol. The van der Waals surface area contributed by atoms with E-state index in [0.29, 0.717) is 23.4 Å². The van der Waals surface area contributed by atoms with E-state index < -0.39 is 0 Å². The molecule has 4 rings (SSSR count). The first kappa shape index (κ1) is 23.2. The summed E-state index contributed by atoms with van der Waals surface area (Å²) in [5, 5.41) is 12.7. The molecule has 1 amide bonds. The van der Waals surface area contributed by atoms with Gasteiger partial charge in [-0.15, -0.1) is 10.2 Å². The number of thioether (sulfide) groups is 1. The number of allylic oxidation sites excluding steroid dienone is 1. The van der Waals surface area contributed by atoms with Crippen LogP contribution < -0.4 is 5.32 Å². The van der Waals surface area contributed by atoms with E-state index in [9.17, 15) is 4.79 Å². The molecule has 0 unspecified atom stereocenters. The van der Waals surface area contributed by atoms with Crippen LogP contribution in [0.25, 0.3) is 17.1 Å². The molecule has 3 aromatic rings. The van der Waals surface area contributed by atoms with Gasteiger partial charge in [-0.3, -0.25) is 14.3 Å². The van der Waals surface area contributed by atoms with Crippen LogP contribution in [0.15, 0.2) is 65.6 Å². The van der Waals surface area contributed by atoms with Gasteiger partial charge in [0.25, 0.3) is 0 Å². The van der Waals surface area contributed by atoms with Crippen molar-refractivity contribution in [2.75, 3.05) is 12.3 Å². The van der Waals surface area contributed by atoms with E-state index >= 15 is 0 Å². The molecule has 0 bridgehead atoms. The fourth-order valence-electron chi connectivity index (χ4n) is 4.12. The Morgan fingerprint density at radius 1 is 1.15 bits per heavy atom. The molecule has 172 valence electrons. The number of rotatable bonds is 9. The standard InChI is InChI=1S/C26H31N5OS/c1-19(2)22-12-6-7-13-23(22)31-25(21-11-8-15-27-17-21)29-30-26(31)33-18-24(32)28-16-14-20-9-4-3-5-10-20/h6-9,11-13,15,17,19H,3-5,10,14,16,18H2,1-2H3,(H,28,32). The predicted molar refractivity (Wildman–Crippen MR) is 134 cm³/mol. The fraction of sp³-hybridized carbons (Fsp3) is 0.385. The molecule has 2 heterocycles. The minimum absolute atomic E-state index is 0.0195. The van der Waals surface area contributed by atoms with Crippen LogP contribution in [-0.4, -0.2) is 38.0 Å². The zero-order valence-corrected chi connectivity index (χ0v) is 20.1. The molecule has 2 aromatic heterocycles. The minimum atomic E-state index is 0.0195.